The van der Waals surface area contributed by atoms with E-state index in [1.807, 2.05) is 13.8 Å². The average Bonchev–Trinajstić information content (AvgIpc) is 2.48. The van der Waals surface area contributed by atoms with Crippen molar-refractivity contribution in [1.29, 1.82) is 0 Å². The Balaban J connectivity index is 1.99. The predicted octanol–water partition coefficient (Wildman–Crippen LogP) is 4.22. The first-order valence-electron chi connectivity index (χ1n) is 7.13. The van der Waals surface area contributed by atoms with Gasteiger partial charge in [0.1, 0.15) is 0 Å². The Hall–Kier alpha value is -1.57. The molecule has 0 amide bonds. The molecular formula is C17H22O2. The monoisotopic (exact) mass is 258 g/mol. The van der Waals surface area contributed by atoms with E-state index in [0.29, 0.717) is 12.5 Å². The number of benzene rings is 1. The fraction of sp³-hybridized carbons (Fsp3) is 0.471. The third-order valence-electron chi connectivity index (χ3n) is 3.97. The molecule has 0 atom stereocenters. The van der Waals surface area contributed by atoms with Crippen LogP contribution in [0.2, 0.25) is 0 Å². The largest absolute Gasteiger partial charge is 0.463 e. The maximum absolute atomic E-state index is 11.7. The van der Waals surface area contributed by atoms with Crippen molar-refractivity contribution in [2.45, 2.75) is 45.4 Å². The molecule has 0 spiro atoms. The maximum Gasteiger partial charge on any atom is 0.333 e. The molecule has 0 bridgehead atoms. The summed E-state index contributed by atoms with van der Waals surface area (Å²) >= 11 is 0. The van der Waals surface area contributed by atoms with Crippen LogP contribution in [-0.4, -0.2) is 12.6 Å². The van der Waals surface area contributed by atoms with Gasteiger partial charge < -0.3 is 4.74 Å². The van der Waals surface area contributed by atoms with E-state index in [9.17, 15) is 4.79 Å². The van der Waals surface area contributed by atoms with Gasteiger partial charge in [-0.25, -0.2) is 4.79 Å². The molecule has 1 aromatic rings. The smallest absolute Gasteiger partial charge is 0.333 e. The molecule has 0 aliphatic heterocycles. The summed E-state index contributed by atoms with van der Waals surface area (Å²) in [6.45, 7) is 4.20. The lowest BCUT2D eigenvalue weighted by Gasteiger charge is -2.25. The van der Waals surface area contributed by atoms with Crippen LogP contribution in [0.1, 0.15) is 51.0 Å². The van der Waals surface area contributed by atoms with Crippen LogP contribution in [0.3, 0.4) is 0 Å². The van der Waals surface area contributed by atoms with Gasteiger partial charge in [-0.2, -0.15) is 0 Å². The molecule has 0 saturated heterocycles. The summed E-state index contributed by atoms with van der Waals surface area (Å²) in [4.78, 5) is 11.7. The van der Waals surface area contributed by atoms with Gasteiger partial charge in [0, 0.05) is 5.57 Å². The van der Waals surface area contributed by atoms with E-state index in [-0.39, 0.29) is 5.97 Å². The third kappa shape index (κ3) is 3.46. The third-order valence-corrected chi connectivity index (χ3v) is 3.97. The zero-order valence-electron chi connectivity index (χ0n) is 11.8. The number of carbonyl (C=O) groups excluding carboxylic acids is 1. The summed E-state index contributed by atoms with van der Waals surface area (Å²) in [7, 11) is 0. The van der Waals surface area contributed by atoms with Crippen molar-refractivity contribution in [2.24, 2.45) is 0 Å². The van der Waals surface area contributed by atoms with Gasteiger partial charge in [0.05, 0.1) is 6.61 Å². The first-order chi connectivity index (χ1) is 9.22. The molecule has 0 heterocycles. The number of hydrogen-bond donors (Lipinski definition) is 0. The van der Waals surface area contributed by atoms with Crippen LogP contribution in [-0.2, 0) is 9.53 Å². The Bertz CT molecular complexity index is 449. The van der Waals surface area contributed by atoms with Crippen LogP contribution in [0.25, 0.3) is 0 Å². The van der Waals surface area contributed by atoms with E-state index in [0.717, 1.165) is 31.3 Å². The number of esters is 1. The van der Waals surface area contributed by atoms with Crippen molar-refractivity contribution in [3.05, 3.63) is 47.0 Å². The molecule has 2 rings (SSSR count). The minimum absolute atomic E-state index is 0.143. The first-order valence-corrected chi connectivity index (χ1v) is 7.13. The summed E-state index contributed by atoms with van der Waals surface area (Å²) < 4.78 is 5.07. The summed E-state index contributed by atoms with van der Waals surface area (Å²) in [5.74, 6) is 0.496. The van der Waals surface area contributed by atoms with Gasteiger partial charge in [0.25, 0.3) is 0 Å². The van der Waals surface area contributed by atoms with Gasteiger partial charge >= 0.3 is 5.97 Å². The van der Waals surface area contributed by atoms with Gasteiger partial charge in [-0.3, -0.25) is 0 Å². The Morgan fingerprint density at radius 1 is 1.21 bits per heavy atom. The molecule has 1 aromatic carbocycles. The van der Waals surface area contributed by atoms with Gasteiger partial charge in [-0.15, -0.1) is 0 Å². The van der Waals surface area contributed by atoms with Gasteiger partial charge in [-0.1, -0.05) is 35.9 Å². The lowest BCUT2D eigenvalue weighted by Crippen LogP contribution is -2.12. The molecule has 0 radical (unpaired) electrons. The van der Waals surface area contributed by atoms with Crippen LogP contribution in [0.15, 0.2) is 41.5 Å². The second-order valence-corrected chi connectivity index (χ2v) is 5.13. The van der Waals surface area contributed by atoms with Gasteiger partial charge in [0.2, 0.25) is 0 Å². The van der Waals surface area contributed by atoms with Crippen molar-refractivity contribution in [1.82, 2.24) is 0 Å². The summed E-state index contributed by atoms with van der Waals surface area (Å²) in [6, 6.07) is 10.7. The van der Waals surface area contributed by atoms with Crippen LogP contribution >= 0.6 is 0 Å². The number of allylic oxidation sites excluding steroid dienone is 1. The SMILES string of the molecule is CCOC(=O)C(C)=C1CCC(c2ccccc2)CC1. The molecule has 0 aromatic heterocycles. The Kier molecular flexibility index (Phi) is 4.78. The van der Waals surface area contributed by atoms with Crippen LogP contribution < -0.4 is 0 Å². The maximum atomic E-state index is 11.7. The molecule has 0 unspecified atom stereocenters. The van der Waals surface area contributed by atoms with E-state index in [2.05, 4.69) is 30.3 Å². The molecular weight excluding hydrogens is 236 g/mol. The van der Waals surface area contributed by atoms with Crippen LogP contribution in [0.5, 0.6) is 0 Å². The number of carbonyl (C=O) groups is 1. The summed E-state index contributed by atoms with van der Waals surface area (Å²) in [6.07, 6.45) is 4.31. The molecule has 102 valence electrons. The van der Waals surface area contributed by atoms with E-state index in [1.54, 1.807) is 0 Å². The Labute approximate surface area is 115 Å². The van der Waals surface area contributed by atoms with Crippen molar-refractivity contribution in [3.8, 4) is 0 Å². The summed E-state index contributed by atoms with van der Waals surface area (Å²) in [5.41, 5.74) is 3.54. The highest BCUT2D eigenvalue weighted by Gasteiger charge is 2.21. The molecule has 0 N–H and O–H groups in total. The Morgan fingerprint density at radius 2 is 1.84 bits per heavy atom. The van der Waals surface area contributed by atoms with Crippen molar-refractivity contribution < 1.29 is 9.53 Å². The van der Waals surface area contributed by atoms with E-state index in [4.69, 9.17) is 4.74 Å². The lowest BCUT2D eigenvalue weighted by molar-refractivity contribution is -0.138. The highest BCUT2D eigenvalue weighted by atomic mass is 16.5. The Morgan fingerprint density at radius 3 is 2.42 bits per heavy atom. The molecule has 19 heavy (non-hydrogen) atoms. The van der Waals surface area contributed by atoms with Crippen molar-refractivity contribution in [3.63, 3.8) is 0 Å². The fourth-order valence-corrected chi connectivity index (χ4v) is 2.78. The van der Waals surface area contributed by atoms with Gasteiger partial charge in [0.15, 0.2) is 0 Å². The van der Waals surface area contributed by atoms with E-state index in [1.165, 1.54) is 11.1 Å². The molecule has 2 heteroatoms. The predicted molar refractivity (Wildman–Crippen MR) is 77.0 cm³/mol. The molecule has 1 aliphatic rings. The zero-order chi connectivity index (χ0) is 13.7. The van der Waals surface area contributed by atoms with Crippen molar-refractivity contribution in [2.75, 3.05) is 6.61 Å². The highest BCUT2D eigenvalue weighted by molar-refractivity contribution is 5.88. The standard InChI is InChI=1S/C17H22O2/c1-3-19-17(18)13(2)14-9-11-16(12-10-14)15-7-5-4-6-8-15/h4-8,16H,3,9-12H2,1-2H3. The van der Waals surface area contributed by atoms with E-state index < -0.39 is 0 Å². The minimum Gasteiger partial charge on any atom is -0.463 e. The second kappa shape index (κ2) is 6.55. The fourth-order valence-electron chi connectivity index (χ4n) is 2.78. The molecule has 1 aliphatic carbocycles. The quantitative estimate of drug-likeness (QED) is 0.599. The van der Waals surface area contributed by atoms with Crippen molar-refractivity contribution >= 4 is 5.97 Å². The average molecular weight is 258 g/mol. The van der Waals surface area contributed by atoms with Gasteiger partial charge in [-0.05, 0) is 51.0 Å². The second-order valence-electron chi connectivity index (χ2n) is 5.13. The van der Waals surface area contributed by atoms with Crippen LogP contribution in [0, 0.1) is 0 Å². The highest BCUT2D eigenvalue weighted by Crippen LogP contribution is 2.36. The number of ether oxygens (including phenoxy) is 1. The minimum atomic E-state index is -0.143. The van der Waals surface area contributed by atoms with Crippen LogP contribution in [0.4, 0.5) is 0 Å². The zero-order valence-corrected chi connectivity index (χ0v) is 11.8. The van der Waals surface area contributed by atoms with E-state index >= 15 is 0 Å². The number of rotatable bonds is 3. The molecule has 1 saturated carbocycles. The number of hydrogen-bond acceptors (Lipinski definition) is 2. The summed E-state index contributed by atoms with van der Waals surface area (Å²) in [5, 5.41) is 0. The molecule has 1 fully saturated rings. The normalized spacial score (nSPS) is 19.1. The molecule has 2 nitrogen and oxygen atoms in total. The first kappa shape index (κ1) is 13.9. The lowest BCUT2D eigenvalue weighted by atomic mass is 9.80. The topological polar surface area (TPSA) is 26.3 Å².